The summed E-state index contributed by atoms with van der Waals surface area (Å²) in [6, 6.07) is 9.43. The van der Waals surface area contributed by atoms with Crippen molar-refractivity contribution in [2.24, 2.45) is 5.41 Å². The molecule has 1 N–H and O–H groups in total. The first-order chi connectivity index (χ1) is 7.61. The summed E-state index contributed by atoms with van der Waals surface area (Å²) in [5.41, 5.74) is 1.17. The second-order valence-electron chi connectivity index (χ2n) is 4.80. The molecule has 1 saturated carbocycles. The molecule has 2 nitrogen and oxygen atoms in total. The third-order valence-corrected chi connectivity index (χ3v) is 3.57. The Balaban J connectivity index is 1.89. The number of carbonyl (C=O) groups is 1. The van der Waals surface area contributed by atoms with Crippen LogP contribution in [0.5, 0.6) is 0 Å². The van der Waals surface area contributed by atoms with Crippen LogP contribution in [0.25, 0.3) is 0 Å². The molecule has 1 aliphatic rings. The van der Waals surface area contributed by atoms with Crippen molar-refractivity contribution in [2.45, 2.75) is 25.1 Å². The van der Waals surface area contributed by atoms with Crippen molar-refractivity contribution in [2.75, 3.05) is 6.54 Å². The summed E-state index contributed by atoms with van der Waals surface area (Å²) in [5, 5.41) is 2.33. The van der Waals surface area contributed by atoms with Crippen molar-refractivity contribution < 1.29 is 4.79 Å². The second-order valence-corrected chi connectivity index (χ2v) is 5.24. The van der Waals surface area contributed by atoms with Crippen LogP contribution in [0.2, 0.25) is 0 Å². The zero-order valence-corrected chi connectivity index (χ0v) is 10.1. The first-order valence-electron chi connectivity index (χ1n) is 5.57. The lowest BCUT2D eigenvalue weighted by molar-refractivity contribution is -0.121. The Labute approximate surface area is 101 Å². The maximum Gasteiger partial charge on any atom is 0.242 e. The lowest BCUT2D eigenvalue weighted by atomic mass is 10.1. The number of amides is 1. The van der Waals surface area contributed by atoms with Crippen LogP contribution in [0.1, 0.15) is 30.7 Å². The quantitative estimate of drug-likeness (QED) is 0.802. The van der Waals surface area contributed by atoms with E-state index in [0.717, 1.165) is 12.1 Å². The highest BCUT2D eigenvalue weighted by atomic mass is 35.5. The van der Waals surface area contributed by atoms with E-state index in [1.807, 2.05) is 30.3 Å². The van der Waals surface area contributed by atoms with E-state index in [1.165, 1.54) is 12.8 Å². The van der Waals surface area contributed by atoms with Crippen LogP contribution in [-0.4, -0.2) is 12.5 Å². The lowest BCUT2D eigenvalue weighted by Crippen LogP contribution is -2.31. The average molecular weight is 238 g/mol. The molecule has 16 heavy (non-hydrogen) atoms. The van der Waals surface area contributed by atoms with Gasteiger partial charge in [-0.15, -0.1) is 11.6 Å². The lowest BCUT2D eigenvalue weighted by Gasteiger charge is -2.13. The van der Waals surface area contributed by atoms with E-state index in [-0.39, 0.29) is 5.91 Å². The van der Waals surface area contributed by atoms with E-state index in [0.29, 0.717) is 5.41 Å². The molecule has 0 bridgehead atoms. The number of benzene rings is 1. The van der Waals surface area contributed by atoms with Gasteiger partial charge in [0.15, 0.2) is 0 Å². The molecule has 1 aliphatic carbocycles. The van der Waals surface area contributed by atoms with Gasteiger partial charge < -0.3 is 5.32 Å². The summed E-state index contributed by atoms with van der Waals surface area (Å²) < 4.78 is 0. The number of hydrogen-bond donors (Lipinski definition) is 1. The van der Waals surface area contributed by atoms with Crippen LogP contribution in [-0.2, 0) is 4.79 Å². The van der Waals surface area contributed by atoms with Gasteiger partial charge in [0.25, 0.3) is 0 Å². The van der Waals surface area contributed by atoms with Gasteiger partial charge in [0, 0.05) is 6.54 Å². The Morgan fingerprint density at radius 2 is 2.06 bits per heavy atom. The minimum atomic E-state index is -0.580. The molecule has 1 fully saturated rings. The molecule has 1 amide bonds. The maximum atomic E-state index is 11.8. The molecule has 0 aliphatic heterocycles. The van der Waals surface area contributed by atoms with Crippen LogP contribution in [0, 0.1) is 5.41 Å². The number of nitrogens with one attached hydrogen (secondary N) is 1. The van der Waals surface area contributed by atoms with E-state index in [9.17, 15) is 4.79 Å². The predicted molar refractivity (Wildman–Crippen MR) is 65.4 cm³/mol. The van der Waals surface area contributed by atoms with E-state index in [2.05, 4.69) is 12.2 Å². The number of rotatable bonds is 4. The third kappa shape index (κ3) is 2.76. The third-order valence-electron chi connectivity index (χ3n) is 3.12. The number of alkyl halides is 1. The average Bonchev–Trinajstić information content (AvgIpc) is 3.05. The highest BCUT2D eigenvalue weighted by Crippen LogP contribution is 2.44. The molecule has 0 radical (unpaired) electrons. The Hall–Kier alpha value is -1.02. The van der Waals surface area contributed by atoms with Crippen LogP contribution < -0.4 is 5.32 Å². The maximum absolute atomic E-state index is 11.8. The molecule has 1 aromatic carbocycles. The minimum absolute atomic E-state index is 0.0963. The SMILES string of the molecule is CC1(CNC(=O)C(Cl)c2ccccc2)CC1. The first kappa shape index (κ1) is 11.5. The predicted octanol–water partition coefficient (Wildman–Crippen LogP) is 2.88. The molecule has 0 heterocycles. The van der Waals surface area contributed by atoms with Gasteiger partial charge in [0.2, 0.25) is 5.91 Å². The second kappa shape index (κ2) is 4.46. The fourth-order valence-corrected chi connectivity index (χ4v) is 1.78. The molecular formula is C13H16ClNO. The molecule has 2 rings (SSSR count). The summed E-state index contributed by atoms with van der Waals surface area (Å²) in [4.78, 5) is 11.8. The molecule has 86 valence electrons. The smallest absolute Gasteiger partial charge is 0.242 e. The highest BCUT2D eigenvalue weighted by molar-refractivity contribution is 6.30. The number of halogens is 1. The monoisotopic (exact) mass is 237 g/mol. The summed E-state index contributed by atoms with van der Waals surface area (Å²) in [7, 11) is 0. The van der Waals surface area contributed by atoms with Crippen molar-refractivity contribution in [1.29, 1.82) is 0 Å². The van der Waals surface area contributed by atoms with Crippen molar-refractivity contribution in [3.8, 4) is 0 Å². The van der Waals surface area contributed by atoms with E-state index in [1.54, 1.807) is 0 Å². The fraction of sp³-hybridized carbons (Fsp3) is 0.462. The number of carbonyl (C=O) groups excluding carboxylic acids is 1. The molecule has 1 atom stereocenters. The molecule has 1 unspecified atom stereocenters. The van der Waals surface area contributed by atoms with E-state index < -0.39 is 5.38 Å². The summed E-state index contributed by atoms with van der Waals surface area (Å²) in [5.74, 6) is -0.0963. The van der Waals surface area contributed by atoms with Gasteiger partial charge in [-0.05, 0) is 23.8 Å². The molecule has 3 heteroatoms. The van der Waals surface area contributed by atoms with Crippen LogP contribution in [0.4, 0.5) is 0 Å². The standard InChI is InChI=1S/C13H16ClNO/c1-13(7-8-13)9-15-12(16)11(14)10-5-3-2-4-6-10/h2-6,11H,7-9H2,1H3,(H,15,16). The summed E-state index contributed by atoms with van der Waals surface area (Å²) in [6.45, 7) is 2.92. The first-order valence-corrected chi connectivity index (χ1v) is 6.01. The van der Waals surface area contributed by atoms with E-state index in [4.69, 9.17) is 11.6 Å². The molecule has 1 aromatic rings. The van der Waals surface area contributed by atoms with Crippen LogP contribution in [0.15, 0.2) is 30.3 Å². The highest BCUT2D eigenvalue weighted by Gasteiger charge is 2.37. The van der Waals surface area contributed by atoms with Gasteiger partial charge >= 0.3 is 0 Å². The summed E-state index contributed by atoms with van der Waals surface area (Å²) >= 11 is 6.09. The van der Waals surface area contributed by atoms with Gasteiger partial charge in [0.1, 0.15) is 5.38 Å². The Morgan fingerprint density at radius 3 is 2.62 bits per heavy atom. The van der Waals surface area contributed by atoms with Gasteiger partial charge in [0.05, 0.1) is 0 Å². The van der Waals surface area contributed by atoms with Gasteiger partial charge in [-0.25, -0.2) is 0 Å². The molecule has 0 spiro atoms. The zero-order valence-electron chi connectivity index (χ0n) is 9.37. The van der Waals surface area contributed by atoms with Crippen LogP contribution in [0.3, 0.4) is 0 Å². The Morgan fingerprint density at radius 1 is 1.44 bits per heavy atom. The molecular weight excluding hydrogens is 222 g/mol. The van der Waals surface area contributed by atoms with E-state index >= 15 is 0 Å². The van der Waals surface area contributed by atoms with Crippen molar-refractivity contribution >= 4 is 17.5 Å². The van der Waals surface area contributed by atoms with Crippen molar-refractivity contribution in [3.05, 3.63) is 35.9 Å². The normalized spacial score (nSPS) is 18.9. The Bertz CT molecular complexity index is 373. The largest absolute Gasteiger partial charge is 0.354 e. The fourth-order valence-electron chi connectivity index (χ4n) is 1.55. The Kier molecular flexibility index (Phi) is 3.20. The summed E-state index contributed by atoms with van der Waals surface area (Å²) in [6.07, 6.45) is 2.40. The van der Waals surface area contributed by atoms with Gasteiger partial charge in [-0.3, -0.25) is 4.79 Å². The number of hydrogen-bond acceptors (Lipinski definition) is 1. The van der Waals surface area contributed by atoms with Crippen LogP contribution >= 0.6 is 11.6 Å². The van der Waals surface area contributed by atoms with Gasteiger partial charge in [-0.2, -0.15) is 0 Å². The van der Waals surface area contributed by atoms with Crippen molar-refractivity contribution in [1.82, 2.24) is 5.32 Å². The van der Waals surface area contributed by atoms with Crippen molar-refractivity contribution in [3.63, 3.8) is 0 Å². The molecule has 0 saturated heterocycles. The molecule has 0 aromatic heterocycles. The van der Waals surface area contributed by atoms with Gasteiger partial charge in [-0.1, -0.05) is 37.3 Å². The topological polar surface area (TPSA) is 29.1 Å². The zero-order chi connectivity index (χ0) is 11.6. The minimum Gasteiger partial charge on any atom is -0.354 e.